The van der Waals surface area contributed by atoms with E-state index in [-0.39, 0.29) is 0 Å². The van der Waals surface area contributed by atoms with Crippen molar-refractivity contribution < 1.29 is 14.3 Å². The number of aromatic carboxylic acids is 1. The van der Waals surface area contributed by atoms with Crippen LogP contribution in [0.2, 0.25) is 0 Å². The third kappa shape index (κ3) is 3.36. The second-order valence-electron chi connectivity index (χ2n) is 4.44. The number of furan rings is 1. The van der Waals surface area contributed by atoms with E-state index in [1.807, 2.05) is 24.5 Å². The minimum atomic E-state index is -0.911. The number of carboxylic acids is 1. The predicted molar refractivity (Wildman–Crippen MR) is 81.4 cm³/mol. The van der Waals surface area contributed by atoms with Gasteiger partial charge < -0.3 is 14.8 Å². The average molecular weight is 291 g/mol. The van der Waals surface area contributed by atoms with Gasteiger partial charge in [0.25, 0.3) is 0 Å². The topological polar surface area (TPSA) is 62.5 Å². The summed E-state index contributed by atoms with van der Waals surface area (Å²) in [5, 5.41) is 12.3. The predicted octanol–water partition coefficient (Wildman–Crippen LogP) is 3.76. The van der Waals surface area contributed by atoms with Crippen LogP contribution in [-0.2, 0) is 12.3 Å². The number of carboxylic acid groups (broad SMARTS) is 1. The molecule has 0 saturated heterocycles. The molecular weight excluding hydrogens is 274 g/mol. The number of carbonyl (C=O) groups is 1. The summed E-state index contributed by atoms with van der Waals surface area (Å²) >= 11 is 1.71. The third-order valence-electron chi connectivity index (χ3n) is 3.02. The molecule has 2 N–H and O–H groups in total. The fraction of sp³-hybridized carbons (Fsp3) is 0.267. The first kappa shape index (κ1) is 14.5. The molecule has 5 heteroatoms. The highest BCUT2D eigenvalue weighted by atomic mass is 32.2. The van der Waals surface area contributed by atoms with E-state index in [0.29, 0.717) is 12.1 Å². The van der Waals surface area contributed by atoms with Gasteiger partial charge in [0, 0.05) is 5.69 Å². The smallest absolute Gasteiger partial charge is 0.336 e. The molecule has 0 radical (unpaired) electrons. The first-order chi connectivity index (χ1) is 9.61. The molecule has 106 valence electrons. The van der Waals surface area contributed by atoms with E-state index in [1.54, 1.807) is 30.8 Å². The van der Waals surface area contributed by atoms with Crippen molar-refractivity contribution in [2.75, 3.05) is 11.6 Å². The van der Waals surface area contributed by atoms with Gasteiger partial charge in [-0.25, -0.2) is 4.79 Å². The van der Waals surface area contributed by atoms with Crippen molar-refractivity contribution in [2.45, 2.75) is 19.2 Å². The first-order valence-corrected chi connectivity index (χ1v) is 7.64. The molecule has 0 fully saturated rings. The third-order valence-corrected chi connectivity index (χ3v) is 3.59. The maximum atomic E-state index is 11.1. The van der Waals surface area contributed by atoms with Gasteiger partial charge in [0.05, 0.1) is 17.9 Å². The maximum absolute atomic E-state index is 11.1. The summed E-state index contributed by atoms with van der Waals surface area (Å²) in [5.41, 5.74) is 1.86. The van der Waals surface area contributed by atoms with Crippen LogP contribution in [0.25, 0.3) is 0 Å². The molecular formula is C15H17NO3S. The van der Waals surface area contributed by atoms with Crippen molar-refractivity contribution in [1.82, 2.24) is 0 Å². The molecule has 0 aliphatic rings. The number of anilines is 1. The Bertz CT molecular complexity index is 607. The van der Waals surface area contributed by atoms with E-state index in [1.165, 1.54) is 0 Å². The van der Waals surface area contributed by atoms with Crippen molar-refractivity contribution >= 4 is 23.4 Å². The number of rotatable bonds is 6. The number of hydrogen-bond acceptors (Lipinski definition) is 4. The molecule has 1 aromatic heterocycles. The van der Waals surface area contributed by atoms with Crippen molar-refractivity contribution in [1.29, 1.82) is 0 Å². The molecule has 2 rings (SSSR count). The molecule has 0 aliphatic heterocycles. The van der Waals surface area contributed by atoms with E-state index in [0.717, 1.165) is 28.5 Å². The summed E-state index contributed by atoms with van der Waals surface area (Å²) in [5.74, 6) is 1.74. The average Bonchev–Trinajstić information content (AvgIpc) is 2.85. The van der Waals surface area contributed by atoms with Crippen LogP contribution in [0.4, 0.5) is 5.69 Å². The highest BCUT2D eigenvalue weighted by Crippen LogP contribution is 2.20. The van der Waals surface area contributed by atoms with Gasteiger partial charge in [-0.2, -0.15) is 11.8 Å². The minimum Gasteiger partial charge on any atom is -0.478 e. The zero-order valence-electron chi connectivity index (χ0n) is 11.5. The monoisotopic (exact) mass is 291 g/mol. The highest BCUT2D eigenvalue weighted by molar-refractivity contribution is 7.97. The lowest BCUT2D eigenvalue weighted by Crippen LogP contribution is -2.05. The lowest BCUT2D eigenvalue weighted by molar-refractivity contribution is 0.0696. The number of nitrogens with one attached hydrogen (secondary N) is 1. The Morgan fingerprint density at radius 2 is 2.05 bits per heavy atom. The summed E-state index contributed by atoms with van der Waals surface area (Å²) in [6, 6.07) is 9.11. The highest BCUT2D eigenvalue weighted by Gasteiger charge is 2.10. The molecule has 2 aromatic rings. The molecule has 0 atom stereocenters. The van der Waals surface area contributed by atoms with Crippen molar-refractivity contribution in [2.24, 2.45) is 0 Å². The van der Waals surface area contributed by atoms with Crippen LogP contribution in [-0.4, -0.2) is 17.3 Å². The lowest BCUT2D eigenvalue weighted by atomic mass is 10.1. The van der Waals surface area contributed by atoms with Crippen molar-refractivity contribution in [3.8, 4) is 0 Å². The summed E-state index contributed by atoms with van der Waals surface area (Å²) in [6.07, 6.45) is 2.03. The Balaban J connectivity index is 2.06. The largest absolute Gasteiger partial charge is 0.478 e. The Labute approximate surface area is 122 Å². The van der Waals surface area contributed by atoms with Crippen molar-refractivity contribution in [3.63, 3.8) is 0 Å². The van der Waals surface area contributed by atoms with Crippen LogP contribution < -0.4 is 5.32 Å². The van der Waals surface area contributed by atoms with Gasteiger partial charge >= 0.3 is 5.97 Å². The van der Waals surface area contributed by atoms with E-state index in [4.69, 9.17) is 9.52 Å². The molecule has 4 nitrogen and oxygen atoms in total. The molecule has 0 aliphatic carbocycles. The Kier molecular flexibility index (Phi) is 4.74. The van der Waals surface area contributed by atoms with Gasteiger partial charge in [-0.3, -0.25) is 0 Å². The molecule has 0 bridgehead atoms. The Morgan fingerprint density at radius 1 is 1.30 bits per heavy atom. The second kappa shape index (κ2) is 6.52. The number of benzene rings is 1. The molecule has 1 heterocycles. The fourth-order valence-corrected chi connectivity index (χ4v) is 2.42. The second-order valence-corrected chi connectivity index (χ2v) is 5.30. The zero-order valence-corrected chi connectivity index (χ0v) is 12.3. The van der Waals surface area contributed by atoms with Crippen LogP contribution in [0, 0.1) is 6.92 Å². The van der Waals surface area contributed by atoms with Gasteiger partial charge in [-0.1, -0.05) is 6.07 Å². The van der Waals surface area contributed by atoms with Gasteiger partial charge in [0.2, 0.25) is 0 Å². The van der Waals surface area contributed by atoms with Crippen LogP contribution in [0.15, 0.2) is 34.7 Å². The summed E-state index contributed by atoms with van der Waals surface area (Å²) < 4.78 is 5.66. The normalized spacial score (nSPS) is 10.5. The molecule has 0 saturated carbocycles. The quantitative estimate of drug-likeness (QED) is 0.848. The van der Waals surface area contributed by atoms with Gasteiger partial charge in [0.1, 0.15) is 11.5 Å². The van der Waals surface area contributed by atoms with E-state index in [2.05, 4.69) is 5.32 Å². The summed E-state index contributed by atoms with van der Waals surface area (Å²) in [4.78, 5) is 11.1. The lowest BCUT2D eigenvalue weighted by Gasteiger charge is -2.10. The van der Waals surface area contributed by atoms with Crippen LogP contribution in [0.1, 0.15) is 27.4 Å². The number of hydrogen-bond donors (Lipinski definition) is 2. The first-order valence-electron chi connectivity index (χ1n) is 6.25. The van der Waals surface area contributed by atoms with Gasteiger partial charge in [-0.05, 0) is 43.0 Å². The Morgan fingerprint density at radius 3 is 2.75 bits per heavy atom. The van der Waals surface area contributed by atoms with E-state index in [9.17, 15) is 4.79 Å². The van der Waals surface area contributed by atoms with Crippen LogP contribution >= 0.6 is 11.8 Å². The van der Waals surface area contributed by atoms with Gasteiger partial charge in [0.15, 0.2) is 0 Å². The summed E-state index contributed by atoms with van der Waals surface area (Å²) in [6.45, 7) is 2.34. The molecule has 0 unspecified atom stereocenters. The standard InChI is InChI=1S/C15H17NO3S/c1-10-13(15(17)18)4-3-5-14(10)16-8-11-6-7-12(19-11)9-20-2/h3-7,16H,8-9H2,1-2H3,(H,17,18). The van der Waals surface area contributed by atoms with E-state index >= 15 is 0 Å². The van der Waals surface area contributed by atoms with Gasteiger partial charge in [-0.15, -0.1) is 0 Å². The van der Waals surface area contributed by atoms with Crippen LogP contribution in [0.3, 0.4) is 0 Å². The minimum absolute atomic E-state index is 0.317. The molecule has 0 amide bonds. The molecule has 20 heavy (non-hydrogen) atoms. The van der Waals surface area contributed by atoms with Crippen LogP contribution in [0.5, 0.6) is 0 Å². The van der Waals surface area contributed by atoms with E-state index < -0.39 is 5.97 Å². The van der Waals surface area contributed by atoms with Crippen molar-refractivity contribution in [3.05, 3.63) is 53.0 Å². The fourth-order valence-electron chi connectivity index (χ4n) is 1.98. The maximum Gasteiger partial charge on any atom is 0.336 e. The SMILES string of the molecule is CSCc1ccc(CNc2cccc(C(=O)O)c2C)o1. The molecule has 1 aromatic carbocycles. The summed E-state index contributed by atoms with van der Waals surface area (Å²) in [7, 11) is 0. The zero-order chi connectivity index (χ0) is 14.5. The Hall–Kier alpha value is -1.88. The molecule has 0 spiro atoms. The number of thioether (sulfide) groups is 1.